The molecule has 1 N–H and O–H groups in total. The second-order valence-electron chi connectivity index (χ2n) is 6.55. The number of hydrogen-bond acceptors (Lipinski definition) is 5. The minimum Gasteiger partial charge on any atom is -0.487 e. The zero-order valence-electron chi connectivity index (χ0n) is 15.9. The standard InChI is InChI=1S/C22H20N4O2S/c1-16(17-2-6-20(7-3-17)26-11-10-23-14-26)25-22(27)18-4-8-21(9-5-18)28-12-19-13-29-15-24-19/h2-11,13-16H,12H2,1H3,(H,25,27). The summed E-state index contributed by atoms with van der Waals surface area (Å²) in [5.41, 5.74) is 5.32. The molecule has 0 radical (unpaired) electrons. The molecule has 0 aliphatic carbocycles. The average molecular weight is 404 g/mol. The Bertz CT molecular complexity index is 1040. The van der Waals surface area contributed by atoms with Crippen LogP contribution in [0.15, 0.2) is 78.1 Å². The van der Waals surface area contributed by atoms with E-state index in [2.05, 4.69) is 15.3 Å². The SMILES string of the molecule is CC(NC(=O)c1ccc(OCc2cscn2)cc1)c1ccc(-n2ccnc2)cc1. The van der Waals surface area contributed by atoms with Gasteiger partial charge < -0.3 is 14.6 Å². The molecule has 146 valence electrons. The van der Waals surface area contributed by atoms with Crippen LogP contribution < -0.4 is 10.1 Å². The fourth-order valence-electron chi connectivity index (χ4n) is 2.88. The van der Waals surface area contributed by atoms with E-state index in [1.54, 1.807) is 42.3 Å². The summed E-state index contributed by atoms with van der Waals surface area (Å²) in [6.45, 7) is 2.39. The molecule has 4 aromatic rings. The minimum absolute atomic E-state index is 0.111. The Hall–Kier alpha value is -3.45. The predicted octanol–water partition coefficient (Wildman–Crippen LogP) is 4.40. The summed E-state index contributed by atoms with van der Waals surface area (Å²) in [6, 6.07) is 15.0. The summed E-state index contributed by atoms with van der Waals surface area (Å²) in [5, 5.41) is 4.98. The van der Waals surface area contributed by atoms with Crippen molar-refractivity contribution >= 4 is 17.2 Å². The summed E-state index contributed by atoms with van der Waals surface area (Å²) in [7, 11) is 0. The molecular formula is C22H20N4O2S. The Kier molecular flexibility index (Phi) is 5.67. The molecule has 1 unspecified atom stereocenters. The van der Waals surface area contributed by atoms with Crippen molar-refractivity contribution in [1.82, 2.24) is 19.9 Å². The quantitative estimate of drug-likeness (QED) is 0.496. The Balaban J connectivity index is 1.34. The number of benzene rings is 2. The van der Waals surface area contributed by atoms with Crippen LogP contribution in [0.3, 0.4) is 0 Å². The lowest BCUT2D eigenvalue weighted by Gasteiger charge is -2.15. The van der Waals surface area contributed by atoms with Crippen LogP contribution in [0.25, 0.3) is 5.69 Å². The third-order valence-electron chi connectivity index (χ3n) is 4.53. The van der Waals surface area contributed by atoms with Crippen molar-refractivity contribution in [2.45, 2.75) is 19.6 Å². The zero-order chi connectivity index (χ0) is 20.1. The van der Waals surface area contributed by atoms with Gasteiger partial charge in [-0.15, -0.1) is 11.3 Å². The molecule has 4 rings (SSSR count). The van der Waals surface area contributed by atoms with Gasteiger partial charge in [-0.05, 0) is 48.9 Å². The molecule has 1 amide bonds. The Morgan fingerprint density at radius 1 is 1.17 bits per heavy atom. The van der Waals surface area contributed by atoms with Gasteiger partial charge in [-0.2, -0.15) is 0 Å². The normalized spacial score (nSPS) is 11.8. The molecule has 2 heterocycles. The molecule has 2 aromatic carbocycles. The summed E-state index contributed by atoms with van der Waals surface area (Å²) < 4.78 is 7.62. The van der Waals surface area contributed by atoms with Crippen LogP contribution in [0.1, 0.15) is 34.6 Å². The average Bonchev–Trinajstić information content (AvgIpc) is 3.47. The van der Waals surface area contributed by atoms with Gasteiger partial charge >= 0.3 is 0 Å². The topological polar surface area (TPSA) is 69.0 Å². The summed E-state index contributed by atoms with van der Waals surface area (Å²) in [6.07, 6.45) is 5.39. The number of ether oxygens (including phenoxy) is 1. The molecule has 0 spiro atoms. The van der Waals surface area contributed by atoms with E-state index in [1.165, 1.54) is 11.3 Å². The Labute approximate surface area is 172 Å². The maximum absolute atomic E-state index is 12.6. The van der Waals surface area contributed by atoms with Crippen LogP contribution in [0.2, 0.25) is 0 Å². The Morgan fingerprint density at radius 2 is 1.97 bits per heavy atom. The summed E-state index contributed by atoms with van der Waals surface area (Å²) in [5.74, 6) is 0.583. The molecule has 1 atom stereocenters. The van der Waals surface area contributed by atoms with Crippen molar-refractivity contribution in [2.24, 2.45) is 0 Å². The number of carbonyl (C=O) groups excluding carboxylic acids is 1. The number of aromatic nitrogens is 3. The van der Waals surface area contributed by atoms with E-state index in [4.69, 9.17) is 4.74 Å². The number of hydrogen-bond donors (Lipinski definition) is 1. The highest BCUT2D eigenvalue weighted by Gasteiger charge is 2.12. The molecule has 6 nitrogen and oxygen atoms in total. The largest absolute Gasteiger partial charge is 0.487 e. The third kappa shape index (κ3) is 4.70. The first-order chi connectivity index (χ1) is 14.2. The first kappa shape index (κ1) is 18.9. The highest BCUT2D eigenvalue weighted by atomic mass is 32.1. The van der Waals surface area contributed by atoms with Gasteiger partial charge in [0, 0.05) is 29.0 Å². The predicted molar refractivity (Wildman–Crippen MR) is 112 cm³/mol. The van der Waals surface area contributed by atoms with E-state index in [0.29, 0.717) is 17.9 Å². The Morgan fingerprint density at radius 3 is 2.62 bits per heavy atom. The second-order valence-corrected chi connectivity index (χ2v) is 7.27. The zero-order valence-corrected chi connectivity index (χ0v) is 16.7. The number of nitrogens with one attached hydrogen (secondary N) is 1. The number of imidazole rings is 1. The molecule has 0 aliphatic rings. The van der Waals surface area contributed by atoms with Crippen molar-refractivity contribution in [2.75, 3.05) is 0 Å². The molecule has 0 saturated carbocycles. The van der Waals surface area contributed by atoms with E-state index in [1.807, 2.05) is 47.3 Å². The molecule has 7 heteroatoms. The fourth-order valence-corrected chi connectivity index (χ4v) is 3.42. The number of nitrogens with zero attached hydrogens (tertiary/aromatic N) is 3. The highest BCUT2D eigenvalue weighted by Crippen LogP contribution is 2.18. The molecular weight excluding hydrogens is 384 g/mol. The molecule has 0 fully saturated rings. The molecule has 2 aromatic heterocycles. The lowest BCUT2D eigenvalue weighted by Crippen LogP contribution is -2.26. The smallest absolute Gasteiger partial charge is 0.251 e. The fraction of sp³-hybridized carbons (Fsp3) is 0.136. The van der Waals surface area contributed by atoms with Crippen molar-refractivity contribution in [3.05, 3.63) is 95.0 Å². The van der Waals surface area contributed by atoms with Gasteiger partial charge in [0.1, 0.15) is 12.4 Å². The van der Waals surface area contributed by atoms with Crippen LogP contribution in [0.5, 0.6) is 5.75 Å². The van der Waals surface area contributed by atoms with Crippen molar-refractivity contribution < 1.29 is 9.53 Å². The molecule has 0 saturated heterocycles. The number of rotatable bonds is 7. The molecule has 29 heavy (non-hydrogen) atoms. The number of thiazole rings is 1. The first-order valence-corrected chi connectivity index (χ1v) is 10.1. The molecule has 0 aliphatic heterocycles. The highest BCUT2D eigenvalue weighted by molar-refractivity contribution is 7.07. The van der Waals surface area contributed by atoms with Crippen LogP contribution in [0, 0.1) is 0 Å². The van der Waals surface area contributed by atoms with Gasteiger partial charge in [0.05, 0.1) is 23.6 Å². The van der Waals surface area contributed by atoms with E-state index < -0.39 is 0 Å². The lowest BCUT2D eigenvalue weighted by molar-refractivity contribution is 0.0940. The van der Waals surface area contributed by atoms with E-state index in [0.717, 1.165) is 16.9 Å². The van der Waals surface area contributed by atoms with Gasteiger partial charge in [-0.25, -0.2) is 9.97 Å². The van der Waals surface area contributed by atoms with Gasteiger partial charge in [0.2, 0.25) is 0 Å². The van der Waals surface area contributed by atoms with Crippen molar-refractivity contribution in [1.29, 1.82) is 0 Å². The van der Waals surface area contributed by atoms with E-state index in [9.17, 15) is 4.79 Å². The first-order valence-electron chi connectivity index (χ1n) is 9.18. The summed E-state index contributed by atoms with van der Waals surface area (Å²) in [4.78, 5) is 20.8. The van der Waals surface area contributed by atoms with Crippen LogP contribution in [-0.4, -0.2) is 20.4 Å². The van der Waals surface area contributed by atoms with Crippen molar-refractivity contribution in [3.63, 3.8) is 0 Å². The monoisotopic (exact) mass is 404 g/mol. The molecule has 0 bridgehead atoms. The van der Waals surface area contributed by atoms with Crippen LogP contribution >= 0.6 is 11.3 Å². The number of carbonyl (C=O) groups is 1. The van der Waals surface area contributed by atoms with Gasteiger partial charge in [-0.1, -0.05) is 12.1 Å². The number of amides is 1. The van der Waals surface area contributed by atoms with Gasteiger partial charge in [-0.3, -0.25) is 4.79 Å². The minimum atomic E-state index is -0.123. The van der Waals surface area contributed by atoms with Crippen molar-refractivity contribution in [3.8, 4) is 11.4 Å². The van der Waals surface area contributed by atoms with E-state index >= 15 is 0 Å². The second kappa shape index (κ2) is 8.70. The summed E-state index contributed by atoms with van der Waals surface area (Å²) >= 11 is 1.54. The maximum atomic E-state index is 12.6. The van der Waals surface area contributed by atoms with E-state index in [-0.39, 0.29) is 11.9 Å². The van der Waals surface area contributed by atoms with Crippen LogP contribution in [-0.2, 0) is 6.61 Å². The lowest BCUT2D eigenvalue weighted by atomic mass is 10.1. The third-order valence-corrected chi connectivity index (χ3v) is 5.17. The van der Waals surface area contributed by atoms with Gasteiger partial charge in [0.25, 0.3) is 5.91 Å². The van der Waals surface area contributed by atoms with Gasteiger partial charge in [0.15, 0.2) is 0 Å². The maximum Gasteiger partial charge on any atom is 0.251 e. The van der Waals surface area contributed by atoms with Crippen LogP contribution in [0.4, 0.5) is 0 Å².